The molecule has 2 aliphatic carbocycles. The lowest BCUT2D eigenvalue weighted by Crippen LogP contribution is -2.46. The van der Waals surface area contributed by atoms with Crippen LogP contribution in [0, 0.1) is 5.41 Å². The highest BCUT2D eigenvalue weighted by Gasteiger charge is 2.55. The number of alkyl halides is 2. The van der Waals surface area contributed by atoms with E-state index in [1.165, 1.54) is 5.57 Å². The quantitative estimate of drug-likeness (QED) is 0.791. The maximum atomic E-state index is 13.3. The first kappa shape index (κ1) is 18.1. The highest BCUT2D eigenvalue weighted by atomic mass is 19.3. The summed E-state index contributed by atoms with van der Waals surface area (Å²) in [5.41, 5.74) is 3.42. The van der Waals surface area contributed by atoms with Gasteiger partial charge in [0.1, 0.15) is 0 Å². The molecular formula is C22H24F2N2O. The van der Waals surface area contributed by atoms with Gasteiger partial charge in [0, 0.05) is 36.0 Å². The topological polar surface area (TPSA) is 42.0 Å². The van der Waals surface area contributed by atoms with E-state index in [1.807, 2.05) is 38.1 Å². The Labute approximate surface area is 157 Å². The number of fused-ring (bicyclic) bond motifs is 1. The Morgan fingerprint density at radius 1 is 1.26 bits per heavy atom. The predicted octanol–water partition coefficient (Wildman–Crippen LogP) is 5.36. The minimum absolute atomic E-state index is 0.0197. The van der Waals surface area contributed by atoms with E-state index in [4.69, 9.17) is 0 Å². The summed E-state index contributed by atoms with van der Waals surface area (Å²) in [5.74, 6) is -2.60. The molecular weight excluding hydrogens is 346 g/mol. The van der Waals surface area contributed by atoms with Crippen LogP contribution in [-0.4, -0.2) is 22.9 Å². The molecule has 1 saturated carbocycles. The first-order valence-electron chi connectivity index (χ1n) is 9.54. The SMILES string of the molecule is CC(C)NC(=O)c1cnc2c(C3=CCC4(CC3)CC(F)(F)C4)cccc2c1. The summed E-state index contributed by atoms with van der Waals surface area (Å²) in [6.45, 7) is 3.84. The van der Waals surface area contributed by atoms with E-state index >= 15 is 0 Å². The van der Waals surface area contributed by atoms with E-state index < -0.39 is 5.92 Å². The Balaban J connectivity index is 1.61. The smallest absolute Gasteiger partial charge is 0.253 e. The number of allylic oxidation sites excluding steroid dienone is 2. The van der Waals surface area contributed by atoms with Crippen molar-refractivity contribution in [2.75, 3.05) is 0 Å². The number of nitrogens with zero attached hydrogens (tertiary/aromatic N) is 1. The fraction of sp³-hybridized carbons (Fsp3) is 0.455. The third-order valence-corrected chi connectivity index (χ3v) is 5.71. The number of benzene rings is 1. The Morgan fingerprint density at radius 2 is 2.04 bits per heavy atom. The number of hydrogen-bond donors (Lipinski definition) is 1. The van der Waals surface area contributed by atoms with Crippen molar-refractivity contribution in [3.8, 4) is 0 Å². The largest absolute Gasteiger partial charge is 0.350 e. The standard InChI is InChI=1S/C22H24F2N2O/c1-14(2)26-20(27)17-10-16-4-3-5-18(19(16)25-11-17)15-6-8-21(9-7-15)12-22(23,24)13-21/h3-6,10-11,14H,7-9,12-13H2,1-2H3,(H,26,27). The average molecular weight is 370 g/mol. The molecule has 4 rings (SSSR count). The van der Waals surface area contributed by atoms with E-state index in [-0.39, 0.29) is 30.2 Å². The van der Waals surface area contributed by atoms with Crippen molar-refractivity contribution in [1.29, 1.82) is 0 Å². The second kappa shape index (κ2) is 6.39. The first-order chi connectivity index (χ1) is 12.8. The zero-order chi connectivity index (χ0) is 19.2. The Bertz CT molecular complexity index is 925. The number of hydrogen-bond acceptors (Lipinski definition) is 2. The number of carbonyl (C=O) groups is 1. The van der Waals surface area contributed by atoms with Crippen LogP contribution in [0.4, 0.5) is 8.78 Å². The molecule has 0 saturated heterocycles. The van der Waals surface area contributed by atoms with E-state index in [1.54, 1.807) is 6.20 Å². The molecule has 0 bridgehead atoms. The van der Waals surface area contributed by atoms with Crippen LogP contribution in [0.5, 0.6) is 0 Å². The molecule has 0 radical (unpaired) electrons. The zero-order valence-electron chi connectivity index (χ0n) is 15.7. The van der Waals surface area contributed by atoms with Crippen LogP contribution in [0.1, 0.15) is 61.9 Å². The first-order valence-corrected chi connectivity index (χ1v) is 9.54. The second-order valence-corrected chi connectivity index (χ2v) is 8.37. The number of para-hydroxylation sites is 1. The van der Waals surface area contributed by atoms with Crippen molar-refractivity contribution in [2.45, 2.75) is 57.9 Å². The van der Waals surface area contributed by atoms with Gasteiger partial charge >= 0.3 is 0 Å². The summed E-state index contributed by atoms with van der Waals surface area (Å²) < 4.78 is 26.6. The van der Waals surface area contributed by atoms with Crippen molar-refractivity contribution in [3.63, 3.8) is 0 Å². The fourth-order valence-corrected chi connectivity index (χ4v) is 4.44. The van der Waals surface area contributed by atoms with Gasteiger partial charge < -0.3 is 5.32 Å². The van der Waals surface area contributed by atoms with E-state index in [0.717, 1.165) is 29.3 Å². The van der Waals surface area contributed by atoms with Gasteiger partial charge in [-0.05, 0) is 50.2 Å². The molecule has 27 heavy (non-hydrogen) atoms. The van der Waals surface area contributed by atoms with Gasteiger partial charge in [0.2, 0.25) is 5.92 Å². The summed E-state index contributed by atoms with van der Waals surface area (Å²) in [4.78, 5) is 16.8. The molecule has 3 nitrogen and oxygen atoms in total. The van der Waals surface area contributed by atoms with Gasteiger partial charge in [0.15, 0.2) is 0 Å². The van der Waals surface area contributed by atoms with Gasteiger partial charge in [-0.15, -0.1) is 0 Å². The molecule has 1 amide bonds. The normalized spacial score (nSPS) is 20.4. The number of aromatic nitrogens is 1. The van der Waals surface area contributed by atoms with Gasteiger partial charge in [-0.1, -0.05) is 24.3 Å². The minimum atomic E-state index is -2.47. The fourth-order valence-electron chi connectivity index (χ4n) is 4.44. The van der Waals surface area contributed by atoms with Gasteiger partial charge in [0.05, 0.1) is 11.1 Å². The zero-order valence-corrected chi connectivity index (χ0v) is 15.7. The monoisotopic (exact) mass is 370 g/mol. The van der Waals surface area contributed by atoms with E-state index in [0.29, 0.717) is 12.0 Å². The second-order valence-electron chi connectivity index (χ2n) is 8.37. The lowest BCUT2D eigenvalue weighted by atomic mass is 9.59. The minimum Gasteiger partial charge on any atom is -0.350 e. The number of pyridine rings is 1. The third-order valence-electron chi connectivity index (χ3n) is 5.71. The predicted molar refractivity (Wildman–Crippen MR) is 103 cm³/mol. The summed E-state index contributed by atoms with van der Waals surface area (Å²) in [7, 11) is 0. The van der Waals surface area contributed by atoms with Gasteiger partial charge in [-0.3, -0.25) is 9.78 Å². The van der Waals surface area contributed by atoms with Crippen LogP contribution < -0.4 is 5.32 Å². The molecule has 1 fully saturated rings. The van der Waals surface area contributed by atoms with E-state index in [2.05, 4.69) is 16.4 Å². The highest BCUT2D eigenvalue weighted by Crippen LogP contribution is 2.59. The Kier molecular flexibility index (Phi) is 4.28. The van der Waals surface area contributed by atoms with Gasteiger partial charge in [-0.25, -0.2) is 8.78 Å². The molecule has 0 unspecified atom stereocenters. The molecule has 5 heteroatoms. The summed E-state index contributed by atoms with van der Waals surface area (Å²) >= 11 is 0. The van der Waals surface area contributed by atoms with Crippen molar-refractivity contribution < 1.29 is 13.6 Å². The lowest BCUT2D eigenvalue weighted by molar-refractivity contribution is -0.163. The molecule has 0 atom stereocenters. The number of carbonyl (C=O) groups excluding carboxylic acids is 1. The molecule has 2 aliphatic rings. The van der Waals surface area contributed by atoms with E-state index in [9.17, 15) is 13.6 Å². The summed E-state index contributed by atoms with van der Waals surface area (Å²) in [6.07, 6.45) is 6.09. The number of rotatable bonds is 3. The highest BCUT2D eigenvalue weighted by molar-refractivity contribution is 5.99. The van der Waals surface area contributed by atoms with Crippen LogP contribution in [0.2, 0.25) is 0 Å². The molecule has 1 aromatic heterocycles. The van der Waals surface area contributed by atoms with Gasteiger partial charge in [-0.2, -0.15) is 0 Å². The maximum Gasteiger partial charge on any atom is 0.253 e. The Morgan fingerprint density at radius 3 is 2.67 bits per heavy atom. The molecule has 0 aliphatic heterocycles. The third kappa shape index (κ3) is 3.47. The van der Waals surface area contributed by atoms with Crippen molar-refractivity contribution in [2.24, 2.45) is 5.41 Å². The molecule has 2 aromatic rings. The van der Waals surface area contributed by atoms with Crippen molar-refractivity contribution in [3.05, 3.63) is 47.7 Å². The molecule has 1 aromatic carbocycles. The van der Waals surface area contributed by atoms with Crippen LogP contribution >= 0.6 is 0 Å². The molecule has 142 valence electrons. The number of amides is 1. The molecule has 1 spiro atoms. The van der Waals surface area contributed by atoms with Crippen LogP contribution in [0.15, 0.2) is 36.5 Å². The van der Waals surface area contributed by atoms with Crippen molar-refractivity contribution in [1.82, 2.24) is 10.3 Å². The molecule has 1 N–H and O–H groups in total. The lowest BCUT2D eigenvalue weighted by Gasteiger charge is -2.49. The van der Waals surface area contributed by atoms with Gasteiger partial charge in [0.25, 0.3) is 5.91 Å². The van der Waals surface area contributed by atoms with Crippen molar-refractivity contribution >= 4 is 22.4 Å². The molecule has 1 heterocycles. The Hall–Kier alpha value is -2.30. The maximum absolute atomic E-state index is 13.3. The summed E-state index contributed by atoms with van der Waals surface area (Å²) in [6, 6.07) is 7.88. The van der Waals surface area contributed by atoms with Crippen LogP contribution in [-0.2, 0) is 0 Å². The number of nitrogens with one attached hydrogen (secondary N) is 1. The number of halogens is 2. The van der Waals surface area contributed by atoms with Crippen LogP contribution in [0.3, 0.4) is 0 Å². The van der Waals surface area contributed by atoms with Crippen LogP contribution in [0.25, 0.3) is 16.5 Å². The summed E-state index contributed by atoms with van der Waals surface area (Å²) in [5, 5.41) is 3.80. The average Bonchev–Trinajstić information content (AvgIpc) is 2.59.